The predicted octanol–water partition coefficient (Wildman–Crippen LogP) is 3.74. The number of nitrogens with zero attached hydrogens (tertiary/aromatic N) is 1. The van der Waals surface area contributed by atoms with Crippen molar-refractivity contribution >= 4 is 17.7 Å². The number of aryl methyl sites for hydroxylation is 2. The van der Waals surface area contributed by atoms with Crippen molar-refractivity contribution in [3.05, 3.63) is 53.2 Å². The van der Waals surface area contributed by atoms with Crippen molar-refractivity contribution in [2.24, 2.45) is 0 Å². The van der Waals surface area contributed by atoms with Crippen molar-refractivity contribution in [1.29, 1.82) is 0 Å². The van der Waals surface area contributed by atoms with Crippen LogP contribution in [0.3, 0.4) is 0 Å². The van der Waals surface area contributed by atoms with E-state index in [4.69, 9.17) is 0 Å². The Kier molecular flexibility index (Phi) is 6.02. The van der Waals surface area contributed by atoms with E-state index in [1.807, 2.05) is 13.0 Å². The average molecular weight is 344 g/mol. The minimum atomic E-state index is -0.904. The Bertz CT molecular complexity index is 729. The Labute approximate surface area is 147 Å². The van der Waals surface area contributed by atoms with E-state index < -0.39 is 5.60 Å². The lowest BCUT2D eigenvalue weighted by molar-refractivity contribution is 0.0517. The summed E-state index contributed by atoms with van der Waals surface area (Å²) in [4.78, 5) is 17.9. The van der Waals surface area contributed by atoms with Gasteiger partial charge in [0.15, 0.2) is 0 Å². The van der Waals surface area contributed by atoms with Gasteiger partial charge in [-0.25, -0.2) is 4.98 Å². The van der Waals surface area contributed by atoms with Gasteiger partial charge in [-0.2, -0.15) is 0 Å². The first kappa shape index (κ1) is 18.5. The monoisotopic (exact) mass is 344 g/mol. The molecule has 1 aromatic heterocycles. The third-order valence-electron chi connectivity index (χ3n) is 3.94. The number of pyridine rings is 1. The Balaban J connectivity index is 2.19. The zero-order chi connectivity index (χ0) is 17.7. The molecule has 1 heterocycles. The molecule has 1 amide bonds. The Morgan fingerprint density at radius 2 is 2.08 bits per heavy atom. The van der Waals surface area contributed by atoms with E-state index in [2.05, 4.69) is 36.3 Å². The molecule has 2 rings (SSSR count). The van der Waals surface area contributed by atoms with Gasteiger partial charge in [0.05, 0.1) is 11.2 Å². The maximum atomic E-state index is 12.5. The molecular formula is C19H24N2O2S. The van der Waals surface area contributed by atoms with Gasteiger partial charge in [0.25, 0.3) is 5.91 Å². The van der Waals surface area contributed by atoms with Gasteiger partial charge in [0.1, 0.15) is 5.03 Å². The minimum Gasteiger partial charge on any atom is -0.388 e. The highest BCUT2D eigenvalue weighted by atomic mass is 32.2. The van der Waals surface area contributed by atoms with E-state index in [9.17, 15) is 9.90 Å². The highest BCUT2D eigenvalue weighted by Crippen LogP contribution is 2.31. The zero-order valence-electron chi connectivity index (χ0n) is 14.6. The fourth-order valence-corrected chi connectivity index (χ4v) is 3.10. The summed E-state index contributed by atoms with van der Waals surface area (Å²) in [5.41, 5.74) is 1.98. The number of rotatable bonds is 6. The molecule has 0 aliphatic rings. The summed E-state index contributed by atoms with van der Waals surface area (Å²) < 4.78 is 0. The van der Waals surface area contributed by atoms with Gasteiger partial charge in [0, 0.05) is 17.6 Å². The quantitative estimate of drug-likeness (QED) is 0.838. The average Bonchev–Trinajstić information content (AvgIpc) is 2.56. The van der Waals surface area contributed by atoms with Crippen LogP contribution in [0.5, 0.6) is 0 Å². The summed E-state index contributed by atoms with van der Waals surface area (Å²) in [6, 6.07) is 9.72. The number of aliphatic hydroxyl groups is 1. The molecule has 0 spiro atoms. The summed E-state index contributed by atoms with van der Waals surface area (Å²) in [6.45, 7) is 7.92. The molecule has 1 aromatic carbocycles. The molecule has 2 N–H and O–H groups in total. The first-order valence-corrected chi connectivity index (χ1v) is 8.85. The van der Waals surface area contributed by atoms with E-state index >= 15 is 0 Å². The molecule has 1 unspecified atom stereocenters. The number of aromatic nitrogens is 1. The fourth-order valence-electron chi connectivity index (χ4n) is 2.15. The van der Waals surface area contributed by atoms with Crippen molar-refractivity contribution in [2.75, 3.05) is 6.54 Å². The van der Waals surface area contributed by atoms with Gasteiger partial charge in [-0.3, -0.25) is 4.79 Å². The molecular weight excluding hydrogens is 320 g/mol. The minimum absolute atomic E-state index is 0.213. The molecule has 0 radical (unpaired) electrons. The maximum absolute atomic E-state index is 12.5. The van der Waals surface area contributed by atoms with Crippen LogP contribution in [0.25, 0.3) is 0 Å². The smallest absolute Gasteiger partial charge is 0.254 e. The number of hydrogen-bond donors (Lipinski definition) is 2. The van der Waals surface area contributed by atoms with Gasteiger partial charge in [0.2, 0.25) is 0 Å². The summed E-state index contributed by atoms with van der Waals surface area (Å²) in [5, 5.41) is 13.5. The predicted molar refractivity (Wildman–Crippen MR) is 97.5 cm³/mol. The van der Waals surface area contributed by atoms with Gasteiger partial charge >= 0.3 is 0 Å². The number of amides is 1. The van der Waals surface area contributed by atoms with Gasteiger partial charge in [-0.05, 0) is 51.0 Å². The number of nitrogens with one attached hydrogen (secondary N) is 1. The van der Waals surface area contributed by atoms with Gasteiger partial charge in [-0.1, -0.05) is 36.4 Å². The standard InChI is InChI=1S/C19H24N2O2S/c1-5-19(4,23)12-21-17(22)15-7-6-10-20-18(15)24-16-9-8-13(2)11-14(16)3/h6-11,23H,5,12H2,1-4H3,(H,21,22). The molecule has 5 heteroatoms. The number of carbonyl (C=O) groups is 1. The Morgan fingerprint density at radius 1 is 1.33 bits per heavy atom. The maximum Gasteiger partial charge on any atom is 0.254 e. The summed E-state index contributed by atoms with van der Waals surface area (Å²) in [5.74, 6) is -0.218. The topological polar surface area (TPSA) is 62.2 Å². The second-order valence-electron chi connectivity index (χ2n) is 6.26. The van der Waals surface area contributed by atoms with Crippen molar-refractivity contribution in [2.45, 2.75) is 49.6 Å². The van der Waals surface area contributed by atoms with Crippen LogP contribution in [-0.4, -0.2) is 28.1 Å². The van der Waals surface area contributed by atoms with E-state index in [1.54, 1.807) is 25.3 Å². The van der Waals surface area contributed by atoms with E-state index in [0.717, 1.165) is 10.5 Å². The third kappa shape index (κ3) is 4.82. The molecule has 128 valence electrons. The third-order valence-corrected chi connectivity index (χ3v) is 5.14. The second kappa shape index (κ2) is 7.81. The first-order chi connectivity index (χ1) is 11.3. The van der Waals surface area contributed by atoms with Crippen molar-refractivity contribution in [3.8, 4) is 0 Å². The summed E-state index contributed by atoms with van der Waals surface area (Å²) >= 11 is 1.48. The molecule has 0 bridgehead atoms. The number of hydrogen-bond acceptors (Lipinski definition) is 4. The molecule has 1 atom stereocenters. The van der Waals surface area contributed by atoms with Crippen molar-refractivity contribution < 1.29 is 9.90 Å². The Hall–Kier alpha value is -1.85. The van der Waals surface area contributed by atoms with Gasteiger partial charge in [-0.15, -0.1) is 0 Å². The van der Waals surface area contributed by atoms with Crippen LogP contribution in [-0.2, 0) is 0 Å². The van der Waals surface area contributed by atoms with Crippen LogP contribution in [0.1, 0.15) is 41.8 Å². The first-order valence-electron chi connectivity index (χ1n) is 8.03. The van der Waals surface area contributed by atoms with E-state index in [1.165, 1.54) is 17.3 Å². The molecule has 0 saturated heterocycles. The van der Waals surface area contributed by atoms with E-state index in [-0.39, 0.29) is 12.5 Å². The van der Waals surface area contributed by atoms with Crippen LogP contribution < -0.4 is 5.32 Å². The van der Waals surface area contributed by atoms with Crippen LogP contribution in [0, 0.1) is 13.8 Å². The van der Waals surface area contributed by atoms with Gasteiger partial charge < -0.3 is 10.4 Å². The lowest BCUT2D eigenvalue weighted by Crippen LogP contribution is -2.40. The van der Waals surface area contributed by atoms with Crippen LogP contribution >= 0.6 is 11.8 Å². The van der Waals surface area contributed by atoms with Crippen LogP contribution in [0.4, 0.5) is 0 Å². The molecule has 0 fully saturated rings. The Morgan fingerprint density at radius 3 is 2.75 bits per heavy atom. The molecule has 24 heavy (non-hydrogen) atoms. The lowest BCUT2D eigenvalue weighted by atomic mass is 10.0. The highest BCUT2D eigenvalue weighted by molar-refractivity contribution is 7.99. The van der Waals surface area contributed by atoms with E-state index in [0.29, 0.717) is 17.0 Å². The molecule has 0 aliphatic carbocycles. The number of carbonyl (C=O) groups excluding carboxylic acids is 1. The normalized spacial score (nSPS) is 13.4. The highest BCUT2D eigenvalue weighted by Gasteiger charge is 2.20. The second-order valence-corrected chi connectivity index (χ2v) is 7.29. The van der Waals surface area contributed by atoms with Crippen LogP contribution in [0.2, 0.25) is 0 Å². The van der Waals surface area contributed by atoms with Crippen molar-refractivity contribution in [1.82, 2.24) is 10.3 Å². The largest absolute Gasteiger partial charge is 0.388 e. The van der Waals surface area contributed by atoms with Crippen LogP contribution in [0.15, 0.2) is 46.5 Å². The molecule has 0 saturated carbocycles. The number of benzene rings is 1. The van der Waals surface area contributed by atoms with Crippen molar-refractivity contribution in [3.63, 3.8) is 0 Å². The SMILES string of the molecule is CCC(C)(O)CNC(=O)c1cccnc1Sc1ccc(C)cc1C. The summed E-state index contributed by atoms with van der Waals surface area (Å²) in [6.07, 6.45) is 2.26. The zero-order valence-corrected chi connectivity index (χ0v) is 15.4. The molecule has 4 nitrogen and oxygen atoms in total. The molecule has 0 aliphatic heterocycles. The molecule has 2 aromatic rings. The fraction of sp³-hybridized carbons (Fsp3) is 0.368. The summed E-state index contributed by atoms with van der Waals surface area (Å²) in [7, 11) is 0. The lowest BCUT2D eigenvalue weighted by Gasteiger charge is -2.21.